The SMILES string of the molecule is Cc1ccc(NC(=O)c2cn(CC(=O)O)nn2)cc1C. The van der Waals surface area contributed by atoms with Gasteiger partial charge in [-0.3, -0.25) is 9.59 Å². The minimum atomic E-state index is -1.05. The number of carbonyl (C=O) groups excluding carboxylic acids is 1. The van der Waals surface area contributed by atoms with E-state index in [0.717, 1.165) is 15.8 Å². The molecule has 0 saturated carbocycles. The van der Waals surface area contributed by atoms with Crippen molar-refractivity contribution in [1.29, 1.82) is 0 Å². The Morgan fingerprint density at radius 3 is 2.70 bits per heavy atom. The third kappa shape index (κ3) is 3.19. The van der Waals surface area contributed by atoms with Crippen LogP contribution in [0.3, 0.4) is 0 Å². The summed E-state index contributed by atoms with van der Waals surface area (Å²) in [5.41, 5.74) is 2.93. The van der Waals surface area contributed by atoms with Crippen molar-refractivity contribution in [3.05, 3.63) is 41.2 Å². The summed E-state index contributed by atoms with van der Waals surface area (Å²) in [6, 6.07) is 5.56. The van der Waals surface area contributed by atoms with Crippen molar-refractivity contribution >= 4 is 17.6 Å². The second-order valence-corrected chi connectivity index (χ2v) is 4.45. The maximum absolute atomic E-state index is 11.9. The maximum atomic E-state index is 11.9. The van der Waals surface area contributed by atoms with E-state index in [1.54, 1.807) is 6.07 Å². The van der Waals surface area contributed by atoms with Crippen LogP contribution in [0.25, 0.3) is 0 Å². The number of hydrogen-bond acceptors (Lipinski definition) is 4. The van der Waals surface area contributed by atoms with Crippen molar-refractivity contribution in [3.63, 3.8) is 0 Å². The predicted molar refractivity (Wildman–Crippen MR) is 71.5 cm³/mol. The van der Waals surface area contributed by atoms with Crippen LogP contribution in [0.5, 0.6) is 0 Å². The van der Waals surface area contributed by atoms with Gasteiger partial charge in [0.2, 0.25) is 0 Å². The number of nitrogens with zero attached hydrogens (tertiary/aromatic N) is 3. The van der Waals surface area contributed by atoms with Crippen molar-refractivity contribution in [3.8, 4) is 0 Å². The molecule has 0 aliphatic carbocycles. The average molecular weight is 274 g/mol. The van der Waals surface area contributed by atoms with Gasteiger partial charge in [-0.05, 0) is 37.1 Å². The molecule has 0 bridgehead atoms. The van der Waals surface area contributed by atoms with Gasteiger partial charge in [0, 0.05) is 5.69 Å². The van der Waals surface area contributed by atoms with Crippen molar-refractivity contribution in [2.45, 2.75) is 20.4 Å². The quantitative estimate of drug-likeness (QED) is 0.874. The van der Waals surface area contributed by atoms with Crippen LogP contribution in [0.1, 0.15) is 21.6 Å². The number of carboxylic acids is 1. The van der Waals surface area contributed by atoms with Gasteiger partial charge in [-0.1, -0.05) is 11.3 Å². The third-order valence-electron chi connectivity index (χ3n) is 2.83. The summed E-state index contributed by atoms with van der Waals surface area (Å²) in [5, 5.41) is 18.5. The molecule has 2 N–H and O–H groups in total. The molecular weight excluding hydrogens is 260 g/mol. The minimum absolute atomic E-state index is 0.0736. The second-order valence-electron chi connectivity index (χ2n) is 4.45. The summed E-state index contributed by atoms with van der Waals surface area (Å²) in [5.74, 6) is -1.47. The molecule has 1 amide bonds. The van der Waals surface area contributed by atoms with Gasteiger partial charge in [0.1, 0.15) is 6.54 Å². The normalized spacial score (nSPS) is 10.3. The first-order valence-corrected chi connectivity index (χ1v) is 5.96. The molecule has 104 valence electrons. The van der Waals surface area contributed by atoms with Crippen LogP contribution in [0.2, 0.25) is 0 Å². The Kier molecular flexibility index (Phi) is 3.79. The molecule has 20 heavy (non-hydrogen) atoms. The highest BCUT2D eigenvalue weighted by atomic mass is 16.4. The molecule has 0 unspecified atom stereocenters. The summed E-state index contributed by atoms with van der Waals surface area (Å²) in [7, 11) is 0. The van der Waals surface area contributed by atoms with Gasteiger partial charge in [0.25, 0.3) is 5.91 Å². The zero-order chi connectivity index (χ0) is 14.7. The molecule has 0 aliphatic rings. The number of aryl methyl sites for hydroxylation is 2. The van der Waals surface area contributed by atoms with Crippen LogP contribution in [0.4, 0.5) is 5.69 Å². The Hall–Kier alpha value is -2.70. The van der Waals surface area contributed by atoms with Crippen molar-refractivity contribution < 1.29 is 14.7 Å². The topological polar surface area (TPSA) is 97.1 Å². The van der Waals surface area contributed by atoms with E-state index in [1.165, 1.54) is 6.20 Å². The number of amides is 1. The van der Waals surface area contributed by atoms with E-state index in [9.17, 15) is 9.59 Å². The van der Waals surface area contributed by atoms with E-state index in [0.29, 0.717) is 5.69 Å². The highest BCUT2D eigenvalue weighted by molar-refractivity contribution is 6.02. The first-order chi connectivity index (χ1) is 9.45. The highest BCUT2D eigenvalue weighted by Gasteiger charge is 2.12. The second kappa shape index (κ2) is 5.52. The zero-order valence-corrected chi connectivity index (χ0v) is 11.1. The van der Waals surface area contributed by atoms with Gasteiger partial charge in [0.05, 0.1) is 6.20 Å². The number of carbonyl (C=O) groups is 2. The standard InChI is InChI=1S/C13H14N4O3/c1-8-3-4-10(5-9(8)2)14-13(20)11-6-17(16-15-11)7-12(18)19/h3-6H,7H2,1-2H3,(H,14,20)(H,18,19). The van der Waals surface area contributed by atoms with Crippen LogP contribution >= 0.6 is 0 Å². The molecular formula is C13H14N4O3. The molecule has 0 radical (unpaired) electrons. The van der Waals surface area contributed by atoms with E-state index >= 15 is 0 Å². The molecule has 1 heterocycles. The summed E-state index contributed by atoms with van der Waals surface area (Å²) < 4.78 is 1.09. The number of hydrogen-bond donors (Lipinski definition) is 2. The van der Waals surface area contributed by atoms with E-state index in [2.05, 4.69) is 15.6 Å². The van der Waals surface area contributed by atoms with Crippen LogP contribution in [-0.2, 0) is 11.3 Å². The smallest absolute Gasteiger partial charge is 0.325 e. The highest BCUT2D eigenvalue weighted by Crippen LogP contribution is 2.14. The largest absolute Gasteiger partial charge is 0.480 e. The Morgan fingerprint density at radius 1 is 1.30 bits per heavy atom. The molecule has 0 aliphatic heterocycles. The van der Waals surface area contributed by atoms with Gasteiger partial charge in [-0.2, -0.15) is 0 Å². The molecule has 1 aromatic heterocycles. The average Bonchev–Trinajstić information content (AvgIpc) is 2.81. The van der Waals surface area contributed by atoms with Crippen LogP contribution < -0.4 is 5.32 Å². The molecule has 1 aromatic carbocycles. The summed E-state index contributed by atoms with van der Waals surface area (Å²) in [6.07, 6.45) is 1.30. The minimum Gasteiger partial charge on any atom is -0.480 e. The first-order valence-electron chi connectivity index (χ1n) is 5.96. The molecule has 0 spiro atoms. The molecule has 0 atom stereocenters. The van der Waals surface area contributed by atoms with Crippen LogP contribution in [0, 0.1) is 13.8 Å². The molecule has 2 aromatic rings. The third-order valence-corrected chi connectivity index (χ3v) is 2.83. The molecule has 0 saturated heterocycles. The van der Waals surface area contributed by atoms with Crippen LogP contribution in [0.15, 0.2) is 24.4 Å². The van der Waals surface area contributed by atoms with Crippen molar-refractivity contribution in [1.82, 2.24) is 15.0 Å². The zero-order valence-electron chi connectivity index (χ0n) is 11.1. The lowest BCUT2D eigenvalue weighted by atomic mass is 10.1. The van der Waals surface area contributed by atoms with E-state index in [-0.39, 0.29) is 12.2 Å². The monoisotopic (exact) mass is 274 g/mol. The van der Waals surface area contributed by atoms with Crippen molar-refractivity contribution in [2.24, 2.45) is 0 Å². The number of aromatic nitrogens is 3. The van der Waals surface area contributed by atoms with Gasteiger partial charge in [-0.15, -0.1) is 5.10 Å². The lowest BCUT2D eigenvalue weighted by molar-refractivity contribution is -0.137. The van der Waals surface area contributed by atoms with Gasteiger partial charge < -0.3 is 10.4 Å². The fourth-order valence-electron chi connectivity index (χ4n) is 1.63. The number of aliphatic carboxylic acids is 1. The Balaban J connectivity index is 2.09. The fourth-order valence-corrected chi connectivity index (χ4v) is 1.63. The first kappa shape index (κ1) is 13.7. The van der Waals surface area contributed by atoms with E-state index in [1.807, 2.05) is 26.0 Å². The van der Waals surface area contributed by atoms with Crippen LogP contribution in [-0.4, -0.2) is 32.0 Å². The van der Waals surface area contributed by atoms with Gasteiger partial charge in [0.15, 0.2) is 5.69 Å². The Bertz CT molecular complexity index is 663. The molecule has 0 fully saturated rings. The lowest BCUT2D eigenvalue weighted by Gasteiger charge is -2.05. The molecule has 7 nitrogen and oxygen atoms in total. The Morgan fingerprint density at radius 2 is 2.05 bits per heavy atom. The van der Waals surface area contributed by atoms with Gasteiger partial charge in [-0.25, -0.2) is 4.68 Å². The number of benzene rings is 1. The summed E-state index contributed by atoms with van der Waals surface area (Å²) in [4.78, 5) is 22.5. The number of carboxylic acid groups (broad SMARTS) is 1. The fraction of sp³-hybridized carbons (Fsp3) is 0.231. The molecule has 2 rings (SSSR count). The number of anilines is 1. The maximum Gasteiger partial charge on any atom is 0.325 e. The predicted octanol–water partition coefficient (Wildman–Crippen LogP) is 1.23. The number of rotatable bonds is 4. The van der Waals surface area contributed by atoms with E-state index in [4.69, 9.17) is 5.11 Å². The number of nitrogens with one attached hydrogen (secondary N) is 1. The van der Waals surface area contributed by atoms with Crippen molar-refractivity contribution in [2.75, 3.05) is 5.32 Å². The lowest BCUT2D eigenvalue weighted by Crippen LogP contribution is -2.13. The summed E-state index contributed by atoms with van der Waals surface area (Å²) >= 11 is 0. The molecule has 7 heteroatoms. The summed E-state index contributed by atoms with van der Waals surface area (Å²) in [6.45, 7) is 3.61. The van der Waals surface area contributed by atoms with E-state index < -0.39 is 11.9 Å². The van der Waals surface area contributed by atoms with Gasteiger partial charge >= 0.3 is 5.97 Å². The Labute approximate surface area is 115 Å².